The molecule has 2 heterocycles. The summed E-state index contributed by atoms with van der Waals surface area (Å²) in [4.78, 5) is 48.2. The van der Waals surface area contributed by atoms with E-state index in [-0.39, 0.29) is 25.1 Å². The predicted octanol–water partition coefficient (Wildman–Crippen LogP) is 0.420. The van der Waals surface area contributed by atoms with E-state index in [1.807, 2.05) is 20.8 Å². The summed E-state index contributed by atoms with van der Waals surface area (Å²) in [6.45, 7) is 8.28. The van der Waals surface area contributed by atoms with Gasteiger partial charge in [-0.25, -0.2) is 4.79 Å². The van der Waals surface area contributed by atoms with Crippen molar-refractivity contribution in [2.75, 3.05) is 13.2 Å². The highest BCUT2D eigenvalue weighted by atomic mass is 16.6. The molecule has 2 saturated heterocycles. The van der Waals surface area contributed by atoms with Crippen LogP contribution in [-0.2, 0) is 28.6 Å². The molecule has 0 bridgehead atoms. The van der Waals surface area contributed by atoms with Crippen LogP contribution in [0.5, 0.6) is 0 Å². The van der Waals surface area contributed by atoms with Gasteiger partial charge >= 0.3 is 18.0 Å². The maximum absolute atomic E-state index is 12.3. The molecule has 0 radical (unpaired) electrons. The fraction of sp³-hybridized carbons (Fsp3) is 0.667. The topological polar surface area (TPSA) is 123 Å². The first-order valence-electron chi connectivity index (χ1n) is 9.01. The quantitative estimate of drug-likeness (QED) is 0.505. The van der Waals surface area contributed by atoms with E-state index < -0.39 is 42.3 Å². The van der Waals surface area contributed by atoms with Crippen LogP contribution in [0.15, 0.2) is 11.8 Å². The van der Waals surface area contributed by atoms with Crippen molar-refractivity contribution in [3.05, 3.63) is 11.8 Å². The fourth-order valence-electron chi connectivity index (χ4n) is 2.80. The second kappa shape index (κ2) is 8.59. The van der Waals surface area contributed by atoms with Gasteiger partial charge in [-0.2, -0.15) is 0 Å². The number of carbonyl (C=O) groups is 4. The van der Waals surface area contributed by atoms with Gasteiger partial charge in [0.25, 0.3) is 5.91 Å². The van der Waals surface area contributed by atoms with Gasteiger partial charge in [-0.1, -0.05) is 0 Å². The predicted molar refractivity (Wildman–Crippen MR) is 96.7 cm³/mol. The number of nitrogens with one attached hydrogen (secondary N) is 2. The third-order valence-corrected chi connectivity index (χ3v) is 4.09. The highest BCUT2D eigenvalue weighted by Gasteiger charge is 2.44. The Labute approximate surface area is 163 Å². The fourth-order valence-corrected chi connectivity index (χ4v) is 2.80. The number of esters is 2. The molecule has 0 unspecified atom stereocenters. The highest BCUT2D eigenvalue weighted by Crippen LogP contribution is 2.28. The van der Waals surface area contributed by atoms with Crippen LogP contribution in [0.4, 0.5) is 4.79 Å². The number of carbonyl (C=O) groups excluding carboxylic acids is 4. The molecule has 3 atom stereocenters. The molecule has 0 aliphatic carbocycles. The van der Waals surface area contributed by atoms with Crippen LogP contribution >= 0.6 is 0 Å². The van der Waals surface area contributed by atoms with Gasteiger partial charge in [-0.3, -0.25) is 24.6 Å². The standard InChI is InChI=1S/C18H27N3O7/c1-10(22)26-9-14-13(27-11(2)23)6-15(28-14)21-8-12(7-19-18(3,4)5)16(24)20-17(21)25/h7,13-15,19H,6,8-9H2,1-5H3,(H,20,24,25)/b12-7-/t13-,14+,15+/m0/s1. The molecule has 0 aromatic heterocycles. The van der Waals surface area contributed by atoms with Gasteiger partial charge in [-0.15, -0.1) is 0 Å². The van der Waals surface area contributed by atoms with Crippen LogP contribution in [0.2, 0.25) is 0 Å². The van der Waals surface area contributed by atoms with Crippen LogP contribution in [0.25, 0.3) is 0 Å². The molecule has 2 aliphatic heterocycles. The zero-order valence-corrected chi connectivity index (χ0v) is 16.7. The summed E-state index contributed by atoms with van der Waals surface area (Å²) >= 11 is 0. The van der Waals surface area contributed by atoms with Gasteiger partial charge in [0, 0.05) is 32.0 Å². The minimum atomic E-state index is -0.740. The van der Waals surface area contributed by atoms with Crippen molar-refractivity contribution in [3.63, 3.8) is 0 Å². The Hall–Kier alpha value is -2.62. The van der Waals surface area contributed by atoms with Crippen molar-refractivity contribution in [1.29, 1.82) is 0 Å². The number of imide groups is 1. The Bertz CT molecular complexity index is 683. The number of ether oxygens (including phenoxy) is 3. The van der Waals surface area contributed by atoms with E-state index in [4.69, 9.17) is 14.2 Å². The van der Waals surface area contributed by atoms with E-state index in [2.05, 4.69) is 10.6 Å². The zero-order chi connectivity index (χ0) is 21.1. The smallest absolute Gasteiger partial charge is 0.326 e. The number of urea groups is 1. The maximum atomic E-state index is 12.3. The summed E-state index contributed by atoms with van der Waals surface area (Å²) in [5.41, 5.74) is 0.115. The molecule has 28 heavy (non-hydrogen) atoms. The molecule has 2 fully saturated rings. The number of hydrogen-bond acceptors (Lipinski definition) is 8. The second-order valence-corrected chi connectivity index (χ2v) is 7.77. The molecule has 0 spiro atoms. The minimum Gasteiger partial charge on any atom is -0.463 e. The van der Waals surface area contributed by atoms with Gasteiger partial charge in [0.1, 0.15) is 25.0 Å². The zero-order valence-electron chi connectivity index (χ0n) is 16.7. The number of rotatable bonds is 5. The van der Waals surface area contributed by atoms with Gasteiger partial charge in [-0.05, 0) is 20.8 Å². The van der Waals surface area contributed by atoms with Gasteiger partial charge in [0.05, 0.1) is 12.1 Å². The first-order chi connectivity index (χ1) is 13.0. The molecule has 156 valence electrons. The Balaban J connectivity index is 2.12. The average molecular weight is 397 g/mol. The Morgan fingerprint density at radius 3 is 2.54 bits per heavy atom. The third-order valence-electron chi connectivity index (χ3n) is 4.09. The van der Waals surface area contributed by atoms with E-state index in [0.717, 1.165) is 0 Å². The van der Waals surface area contributed by atoms with E-state index in [9.17, 15) is 19.2 Å². The summed E-state index contributed by atoms with van der Waals surface area (Å²) in [5.74, 6) is -1.48. The lowest BCUT2D eigenvalue weighted by molar-refractivity contribution is -0.156. The monoisotopic (exact) mass is 397 g/mol. The van der Waals surface area contributed by atoms with E-state index in [1.54, 1.807) is 6.20 Å². The molecule has 3 amide bonds. The summed E-state index contributed by atoms with van der Waals surface area (Å²) in [6.07, 6.45) is -0.344. The normalized spacial score (nSPS) is 26.8. The van der Waals surface area contributed by atoms with E-state index in [0.29, 0.717) is 5.57 Å². The largest absolute Gasteiger partial charge is 0.463 e. The Kier molecular flexibility index (Phi) is 6.65. The third kappa shape index (κ3) is 5.95. The van der Waals surface area contributed by atoms with Crippen molar-refractivity contribution >= 4 is 23.9 Å². The Morgan fingerprint density at radius 2 is 1.96 bits per heavy atom. The lowest BCUT2D eigenvalue weighted by atomic mass is 10.1. The summed E-state index contributed by atoms with van der Waals surface area (Å²) in [6, 6.07) is -0.599. The van der Waals surface area contributed by atoms with E-state index in [1.165, 1.54) is 18.7 Å². The molecule has 10 heteroatoms. The first kappa shape index (κ1) is 21.7. The average Bonchev–Trinajstić information content (AvgIpc) is 2.93. The number of amides is 3. The summed E-state index contributed by atoms with van der Waals surface area (Å²) < 4.78 is 16.0. The van der Waals surface area contributed by atoms with Crippen LogP contribution in [0.3, 0.4) is 0 Å². The highest BCUT2D eigenvalue weighted by molar-refractivity contribution is 6.06. The molecular formula is C18H27N3O7. The van der Waals surface area contributed by atoms with Gasteiger partial charge in [0.15, 0.2) is 0 Å². The molecule has 2 rings (SSSR count). The van der Waals surface area contributed by atoms with Crippen molar-refractivity contribution in [3.8, 4) is 0 Å². The first-order valence-corrected chi connectivity index (χ1v) is 9.01. The molecule has 0 aromatic rings. The van der Waals surface area contributed by atoms with Gasteiger partial charge in [0.2, 0.25) is 0 Å². The van der Waals surface area contributed by atoms with Crippen molar-refractivity contribution < 1.29 is 33.4 Å². The van der Waals surface area contributed by atoms with Gasteiger partial charge < -0.3 is 19.5 Å². The molecule has 0 saturated carbocycles. The Morgan fingerprint density at radius 1 is 1.29 bits per heavy atom. The van der Waals surface area contributed by atoms with Crippen LogP contribution in [-0.4, -0.2) is 65.9 Å². The molecular weight excluding hydrogens is 370 g/mol. The maximum Gasteiger partial charge on any atom is 0.326 e. The SMILES string of the molecule is CC(=O)OC[C@H]1O[C@@H](N2C/C(=C/NC(C)(C)C)C(=O)NC2=O)C[C@@H]1OC(C)=O. The number of nitrogens with zero attached hydrogens (tertiary/aromatic N) is 1. The molecule has 0 aromatic carbocycles. The minimum absolute atomic E-state index is 0.0332. The molecule has 2 aliphatic rings. The van der Waals surface area contributed by atoms with Crippen molar-refractivity contribution in [2.24, 2.45) is 0 Å². The summed E-state index contributed by atoms with van der Waals surface area (Å²) in [5, 5.41) is 5.38. The molecule has 10 nitrogen and oxygen atoms in total. The lowest BCUT2D eigenvalue weighted by Gasteiger charge is -2.33. The van der Waals surface area contributed by atoms with Crippen LogP contribution in [0.1, 0.15) is 41.0 Å². The van der Waals surface area contributed by atoms with Crippen molar-refractivity contribution in [2.45, 2.75) is 65.0 Å². The summed E-state index contributed by atoms with van der Waals surface area (Å²) in [7, 11) is 0. The van der Waals surface area contributed by atoms with Crippen LogP contribution in [0, 0.1) is 0 Å². The molecule has 2 N–H and O–H groups in total. The van der Waals surface area contributed by atoms with Crippen LogP contribution < -0.4 is 10.6 Å². The van der Waals surface area contributed by atoms with E-state index >= 15 is 0 Å². The van der Waals surface area contributed by atoms with Crippen molar-refractivity contribution in [1.82, 2.24) is 15.5 Å². The second-order valence-electron chi connectivity index (χ2n) is 7.77. The lowest BCUT2D eigenvalue weighted by Crippen LogP contribution is -2.55. The number of hydrogen-bond donors (Lipinski definition) is 2.